The number of thiocarbonyl (C=S) groups is 1. The van der Waals surface area contributed by atoms with Crippen LogP contribution in [0.5, 0.6) is 0 Å². The Kier molecular flexibility index (Phi) is 4.48. The third kappa shape index (κ3) is 3.42. The Morgan fingerprint density at radius 3 is 2.40 bits per heavy atom. The van der Waals surface area contributed by atoms with Crippen molar-refractivity contribution in [1.82, 2.24) is 5.43 Å². The predicted molar refractivity (Wildman–Crippen MR) is 87.9 cm³/mol. The lowest BCUT2D eigenvalue weighted by atomic mass is 9.97. The molecule has 20 heavy (non-hydrogen) atoms. The quantitative estimate of drug-likeness (QED) is 0.517. The van der Waals surface area contributed by atoms with Gasteiger partial charge < -0.3 is 5.73 Å². The summed E-state index contributed by atoms with van der Waals surface area (Å²) < 4.78 is 0. The average Bonchev–Trinajstić information content (AvgIpc) is 2.42. The molecule has 0 saturated heterocycles. The van der Waals surface area contributed by atoms with Crippen LogP contribution in [0.2, 0.25) is 0 Å². The van der Waals surface area contributed by atoms with Crippen LogP contribution in [-0.4, -0.2) is 10.8 Å². The van der Waals surface area contributed by atoms with Gasteiger partial charge in [0.15, 0.2) is 5.11 Å². The third-order valence-corrected chi connectivity index (χ3v) is 3.05. The minimum atomic E-state index is 0.156. The first kappa shape index (κ1) is 14.2. The Bertz CT molecular complexity index is 648. The number of rotatable bonds is 3. The summed E-state index contributed by atoms with van der Waals surface area (Å²) in [7, 11) is 0. The fourth-order valence-corrected chi connectivity index (χ4v) is 2.11. The van der Waals surface area contributed by atoms with E-state index in [2.05, 4.69) is 42.6 Å². The van der Waals surface area contributed by atoms with E-state index in [0.717, 1.165) is 22.4 Å². The molecule has 0 bridgehead atoms. The van der Waals surface area contributed by atoms with Crippen LogP contribution in [0, 0.1) is 13.8 Å². The van der Waals surface area contributed by atoms with Crippen molar-refractivity contribution >= 4 is 23.0 Å². The first-order valence-corrected chi connectivity index (χ1v) is 6.75. The molecule has 0 aliphatic heterocycles. The van der Waals surface area contributed by atoms with Gasteiger partial charge in [0.1, 0.15) is 0 Å². The van der Waals surface area contributed by atoms with E-state index in [1.54, 1.807) is 0 Å². The van der Waals surface area contributed by atoms with Crippen LogP contribution in [0.1, 0.15) is 22.3 Å². The maximum absolute atomic E-state index is 5.47. The average molecular weight is 283 g/mol. The number of benzene rings is 2. The second kappa shape index (κ2) is 6.30. The van der Waals surface area contributed by atoms with Gasteiger partial charge in [-0.15, -0.1) is 0 Å². The van der Waals surface area contributed by atoms with Crippen LogP contribution in [0.4, 0.5) is 0 Å². The minimum Gasteiger partial charge on any atom is -0.375 e. The lowest BCUT2D eigenvalue weighted by Gasteiger charge is -2.11. The van der Waals surface area contributed by atoms with Gasteiger partial charge in [-0.2, -0.15) is 5.10 Å². The zero-order chi connectivity index (χ0) is 14.5. The summed E-state index contributed by atoms with van der Waals surface area (Å²) in [5, 5.41) is 4.51. The zero-order valence-electron chi connectivity index (χ0n) is 11.6. The Morgan fingerprint density at radius 2 is 1.80 bits per heavy atom. The Morgan fingerprint density at radius 1 is 1.10 bits per heavy atom. The molecule has 0 spiro atoms. The monoisotopic (exact) mass is 283 g/mol. The summed E-state index contributed by atoms with van der Waals surface area (Å²) in [6.07, 6.45) is 0. The lowest BCUT2D eigenvalue weighted by molar-refractivity contribution is 1.03. The molecule has 2 aromatic carbocycles. The molecule has 0 unspecified atom stereocenters. The molecule has 0 aliphatic carbocycles. The normalized spacial score (nSPS) is 11.2. The Labute approximate surface area is 124 Å². The van der Waals surface area contributed by atoms with Crippen molar-refractivity contribution in [2.24, 2.45) is 10.8 Å². The summed E-state index contributed by atoms with van der Waals surface area (Å²) >= 11 is 4.83. The van der Waals surface area contributed by atoms with Crippen molar-refractivity contribution in [2.75, 3.05) is 0 Å². The molecule has 0 saturated carbocycles. The van der Waals surface area contributed by atoms with Gasteiger partial charge in [-0.1, -0.05) is 54.1 Å². The summed E-state index contributed by atoms with van der Waals surface area (Å²) in [5.74, 6) is 0. The molecule has 0 radical (unpaired) electrons. The molecule has 4 heteroatoms. The van der Waals surface area contributed by atoms with Crippen molar-refractivity contribution in [3.63, 3.8) is 0 Å². The summed E-state index contributed by atoms with van der Waals surface area (Å²) in [4.78, 5) is 0. The molecule has 0 aliphatic rings. The van der Waals surface area contributed by atoms with Crippen LogP contribution in [0.3, 0.4) is 0 Å². The molecule has 0 amide bonds. The van der Waals surface area contributed by atoms with Gasteiger partial charge in [0.2, 0.25) is 0 Å². The highest BCUT2D eigenvalue weighted by Gasteiger charge is 2.10. The van der Waals surface area contributed by atoms with Gasteiger partial charge in [0.25, 0.3) is 0 Å². The highest BCUT2D eigenvalue weighted by atomic mass is 32.1. The fraction of sp³-hybridized carbons (Fsp3) is 0.125. The van der Waals surface area contributed by atoms with Gasteiger partial charge >= 0.3 is 0 Å². The van der Waals surface area contributed by atoms with Crippen LogP contribution in [0.15, 0.2) is 53.6 Å². The molecule has 2 rings (SSSR count). The van der Waals surface area contributed by atoms with Gasteiger partial charge in [0, 0.05) is 11.1 Å². The van der Waals surface area contributed by atoms with Gasteiger partial charge in [0.05, 0.1) is 5.71 Å². The number of hydrogen-bond acceptors (Lipinski definition) is 2. The molecule has 0 fully saturated rings. The number of aryl methyl sites for hydroxylation is 2. The molecule has 102 valence electrons. The highest BCUT2D eigenvalue weighted by Crippen LogP contribution is 2.16. The topological polar surface area (TPSA) is 50.4 Å². The number of hydrazone groups is 1. The predicted octanol–water partition coefficient (Wildman–Crippen LogP) is 2.89. The van der Waals surface area contributed by atoms with E-state index in [9.17, 15) is 0 Å². The van der Waals surface area contributed by atoms with Crippen LogP contribution in [-0.2, 0) is 0 Å². The van der Waals surface area contributed by atoms with E-state index in [1.165, 1.54) is 5.56 Å². The second-order valence-electron chi connectivity index (χ2n) is 4.62. The molecular formula is C16H17N3S. The van der Waals surface area contributed by atoms with E-state index >= 15 is 0 Å². The lowest BCUT2D eigenvalue weighted by Crippen LogP contribution is -2.26. The number of nitrogens with one attached hydrogen (secondary N) is 1. The third-order valence-electron chi connectivity index (χ3n) is 2.96. The number of nitrogens with two attached hydrogens (primary N) is 1. The minimum absolute atomic E-state index is 0.156. The van der Waals surface area contributed by atoms with Gasteiger partial charge in [-0.3, -0.25) is 5.43 Å². The summed E-state index contributed by atoms with van der Waals surface area (Å²) in [5.41, 5.74) is 13.4. The standard InChI is InChI=1S/C16H17N3S/c1-11-8-9-14(12(2)10-11)15(18-19-16(17)20)13-6-4-3-5-7-13/h3-10H,1-2H3,(H3,17,19,20)/b18-15+. The van der Waals surface area contributed by atoms with Crippen molar-refractivity contribution in [1.29, 1.82) is 0 Å². The second-order valence-corrected chi connectivity index (χ2v) is 5.06. The summed E-state index contributed by atoms with van der Waals surface area (Å²) in [6.45, 7) is 4.14. The van der Waals surface area contributed by atoms with Gasteiger partial charge in [-0.25, -0.2) is 0 Å². The Hall–Kier alpha value is -2.20. The van der Waals surface area contributed by atoms with Crippen LogP contribution in [0.25, 0.3) is 0 Å². The van der Waals surface area contributed by atoms with Crippen molar-refractivity contribution < 1.29 is 0 Å². The van der Waals surface area contributed by atoms with E-state index < -0.39 is 0 Å². The van der Waals surface area contributed by atoms with Crippen molar-refractivity contribution in [3.8, 4) is 0 Å². The first-order chi connectivity index (χ1) is 9.58. The van der Waals surface area contributed by atoms with Crippen LogP contribution >= 0.6 is 12.2 Å². The molecule has 3 N–H and O–H groups in total. The molecule has 0 heterocycles. The van der Waals surface area contributed by atoms with Crippen molar-refractivity contribution in [2.45, 2.75) is 13.8 Å². The van der Waals surface area contributed by atoms with E-state index in [4.69, 9.17) is 18.0 Å². The summed E-state index contributed by atoms with van der Waals surface area (Å²) in [6, 6.07) is 16.2. The maximum Gasteiger partial charge on any atom is 0.184 e. The molecule has 3 nitrogen and oxygen atoms in total. The Balaban J connectivity index is 2.52. The number of nitrogens with zero attached hydrogens (tertiary/aromatic N) is 1. The van der Waals surface area contributed by atoms with E-state index in [0.29, 0.717) is 0 Å². The first-order valence-electron chi connectivity index (χ1n) is 6.34. The van der Waals surface area contributed by atoms with Crippen LogP contribution < -0.4 is 11.2 Å². The fourth-order valence-electron chi connectivity index (χ4n) is 2.07. The zero-order valence-corrected chi connectivity index (χ0v) is 12.4. The maximum atomic E-state index is 5.47. The number of hydrogen-bond donors (Lipinski definition) is 2. The van der Waals surface area contributed by atoms with E-state index in [1.807, 2.05) is 30.3 Å². The SMILES string of the molecule is Cc1ccc(/C(=N/NC(N)=S)c2ccccc2)c(C)c1. The smallest absolute Gasteiger partial charge is 0.184 e. The highest BCUT2D eigenvalue weighted by molar-refractivity contribution is 7.80. The van der Waals surface area contributed by atoms with Gasteiger partial charge in [-0.05, 0) is 31.6 Å². The molecular weight excluding hydrogens is 266 g/mol. The molecule has 2 aromatic rings. The van der Waals surface area contributed by atoms with E-state index in [-0.39, 0.29) is 5.11 Å². The largest absolute Gasteiger partial charge is 0.375 e. The molecule has 0 aromatic heterocycles. The van der Waals surface area contributed by atoms with Crippen molar-refractivity contribution in [3.05, 3.63) is 70.8 Å². The molecule has 0 atom stereocenters.